The highest BCUT2D eigenvalue weighted by atomic mass is 16.5. The van der Waals surface area contributed by atoms with Crippen molar-refractivity contribution in [1.82, 2.24) is 19.6 Å². The molecule has 0 saturated carbocycles. The van der Waals surface area contributed by atoms with Gasteiger partial charge in [0.05, 0.1) is 18.4 Å². The molecule has 3 aromatic rings. The molecule has 1 fully saturated rings. The Kier molecular flexibility index (Phi) is 6.77. The SMILES string of the molecule is COc1ccccc1-c1nn(-c2ccccc2)cc1C(=O)N1CCN(C(=O)CC(C)C)CC1. The lowest BCUT2D eigenvalue weighted by atomic mass is 10.1. The van der Waals surface area contributed by atoms with Crippen molar-refractivity contribution >= 4 is 11.8 Å². The van der Waals surface area contributed by atoms with Gasteiger partial charge >= 0.3 is 0 Å². The molecule has 0 radical (unpaired) electrons. The highest BCUT2D eigenvalue weighted by molar-refractivity contribution is 6.00. The van der Waals surface area contributed by atoms with Crippen LogP contribution in [-0.2, 0) is 4.79 Å². The van der Waals surface area contributed by atoms with Crippen molar-refractivity contribution in [3.63, 3.8) is 0 Å². The topological polar surface area (TPSA) is 67.7 Å². The zero-order chi connectivity index (χ0) is 23.4. The molecule has 33 heavy (non-hydrogen) atoms. The maximum Gasteiger partial charge on any atom is 0.257 e. The summed E-state index contributed by atoms with van der Waals surface area (Å²) in [4.78, 5) is 29.7. The first-order valence-electron chi connectivity index (χ1n) is 11.3. The Hall–Kier alpha value is -3.61. The Bertz CT molecular complexity index is 1120. The third-order valence-corrected chi connectivity index (χ3v) is 5.83. The number of carbonyl (C=O) groups is 2. The normalized spacial score (nSPS) is 13.9. The number of rotatable bonds is 6. The predicted octanol–water partition coefficient (Wildman–Crippen LogP) is 3.88. The molecule has 1 aliphatic rings. The van der Waals surface area contributed by atoms with Crippen LogP contribution >= 0.6 is 0 Å². The van der Waals surface area contributed by atoms with Crippen molar-refractivity contribution in [3.05, 3.63) is 66.4 Å². The van der Waals surface area contributed by atoms with Crippen LogP contribution in [-0.4, -0.2) is 64.7 Å². The zero-order valence-corrected chi connectivity index (χ0v) is 19.4. The van der Waals surface area contributed by atoms with Crippen molar-refractivity contribution in [3.8, 4) is 22.7 Å². The molecule has 2 heterocycles. The summed E-state index contributed by atoms with van der Waals surface area (Å²) in [5.74, 6) is 1.05. The lowest BCUT2D eigenvalue weighted by Gasteiger charge is -2.35. The van der Waals surface area contributed by atoms with Gasteiger partial charge in [0.1, 0.15) is 11.4 Å². The van der Waals surface area contributed by atoms with E-state index in [1.54, 1.807) is 18.0 Å². The van der Waals surface area contributed by atoms with Crippen LogP contribution in [0, 0.1) is 5.92 Å². The highest BCUT2D eigenvalue weighted by Crippen LogP contribution is 2.32. The molecule has 1 aliphatic heterocycles. The van der Waals surface area contributed by atoms with Crippen molar-refractivity contribution in [2.24, 2.45) is 5.92 Å². The number of hydrogen-bond acceptors (Lipinski definition) is 4. The second-order valence-corrected chi connectivity index (χ2v) is 8.64. The predicted molar refractivity (Wildman–Crippen MR) is 127 cm³/mol. The Morgan fingerprint density at radius 3 is 2.24 bits per heavy atom. The second-order valence-electron chi connectivity index (χ2n) is 8.64. The summed E-state index contributed by atoms with van der Waals surface area (Å²) in [6, 6.07) is 17.3. The van der Waals surface area contributed by atoms with E-state index in [1.807, 2.05) is 78.2 Å². The standard InChI is InChI=1S/C26H30N4O3/c1-19(2)17-24(31)28-13-15-29(16-14-28)26(32)22-18-30(20-9-5-4-6-10-20)27-25(22)21-11-7-8-12-23(21)33-3/h4-12,18-19H,13-17H2,1-3H3. The number of methoxy groups -OCH3 is 1. The van der Waals surface area contributed by atoms with Gasteiger partial charge in [-0.15, -0.1) is 0 Å². The molecular weight excluding hydrogens is 416 g/mol. The third kappa shape index (κ3) is 4.92. The van der Waals surface area contributed by atoms with E-state index < -0.39 is 0 Å². The number of ether oxygens (including phenoxy) is 1. The molecule has 2 aromatic carbocycles. The van der Waals surface area contributed by atoms with Gasteiger partial charge in [-0.05, 0) is 30.2 Å². The van der Waals surface area contributed by atoms with Gasteiger partial charge in [-0.1, -0.05) is 44.2 Å². The van der Waals surface area contributed by atoms with Crippen LogP contribution in [0.3, 0.4) is 0 Å². The maximum atomic E-state index is 13.6. The Labute approximate surface area is 194 Å². The van der Waals surface area contributed by atoms with Gasteiger partial charge in [0.15, 0.2) is 0 Å². The number of amides is 2. The molecule has 0 bridgehead atoms. The summed E-state index contributed by atoms with van der Waals surface area (Å²) in [5.41, 5.74) is 2.74. The first-order valence-corrected chi connectivity index (χ1v) is 11.3. The molecule has 2 amide bonds. The summed E-state index contributed by atoms with van der Waals surface area (Å²) in [6.45, 7) is 6.19. The molecule has 7 heteroatoms. The summed E-state index contributed by atoms with van der Waals surface area (Å²) < 4.78 is 7.28. The number of nitrogens with zero attached hydrogens (tertiary/aromatic N) is 4. The molecule has 1 aromatic heterocycles. The molecular formula is C26H30N4O3. The van der Waals surface area contributed by atoms with E-state index in [1.165, 1.54) is 0 Å². The van der Waals surface area contributed by atoms with Crippen molar-refractivity contribution in [1.29, 1.82) is 0 Å². The minimum Gasteiger partial charge on any atom is -0.496 e. The van der Waals surface area contributed by atoms with Gasteiger partial charge in [-0.2, -0.15) is 5.10 Å². The molecule has 0 spiro atoms. The van der Waals surface area contributed by atoms with E-state index in [0.29, 0.717) is 55.5 Å². The van der Waals surface area contributed by atoms with Crippen LogP contribution < -0.4 is 4.74 Å². The van der Waals surface area contributed by atoms with Crippen LogP contribution in [0.5, 0.6) is 5.75 Å². The minimum absolute atomic E-state index is 0.0888. The third-order valence-electron chi connectivity index (χ3n) is 5.83. The largest absolute Gasteiger partial charge is 0.496 e. The summed E-state index contributed by atoms with van der Waals surface area (Å²) in [6.07, 6.45) is 2.32. The van der Waals surface area contributed by atoms with E-state index in [2.05, 4.69) is 0 Å². The highest BCUT2D eigenvalue weighted by Gasteiger charge is 2.29. The quantitative estimate of drug-likeness (QED) is 0.576. The van der Waals surface area contributed by atoms with Gasteiger partial charge < -0.3 is 14.5 Å². The van der Waals surface area contributed by atoms with E-state index >= 15 is 0 Å². The molecule has 172 valence electrons. The van der Waals surface area contributed by atoms with Gasteiger partial charge in [0.2, 0.25) is 5.91 Å². The van der Waals surface area contributed by atoms with Crippen molar-refractivity contribution in [2.75, 3.05) is 33.3 Å². The van der Waals surface area contributed by atoms with Gasteiger partial charge in [-0.3, -0.25) is 9.59 Å². The fourth-order valence-corrected chi connectivity index (χ4v) is 4.09. The van der Waals surface area contributed by atoms with E-state index in [0.717, 1.165) is 11.3 Å². The smallest absolute Gasteiger partial charge is 0.257 e. The van der Waals surface area contributed by atoms with Gasteiger partial charge in [0.25, 0.3) is 5.91 Å². The number of piperazine rings is 1. The van der Waals surface area contributed by atoms with Crippen LogP contribution in [0.1, 0.15) is 30.6 Å². The first kappa shape index (κ1) is 22.6. The number of para-hydroxylation sites is 2. The van der Waals surface area contributed by atoms with Gasteiger partial charge in [-0.25, -0.2) is 4.68 Å². The monoisotopic (exact) mass is 446 g/mol. The van der Waals surface area contributed by atoms with Crippen molar-refractivity contribution in [2.45, 2.75) is 20.3 Å². The van der Waals surface area contributed by atoms with Crippen LogP contribution in [0.4, 0.5) is 0 Å². The average molecular weight is 447 g/mol. The lowest BCUT2D eigenvalue weighted by Crippen LogP contribution is -2.50. The number of benzene rings is 2. The van der Waals surface area contributed by atoms with Crippen LogP contribution in [0.15, 0.2) is 60.8 Å². The van der Waals surface area contributed by atoms with Crippen molar-refractivity contribution < 1.29 is 14.3 Å². The molecule has 0 atom stereocenters. The summed E-state index contributed by atoms with van der Waals surface area (Å²) in [5, 5.41) is 4.78. The zero-order valence-electron chi connectivity index (χ0n) is 19.4. The minimum atomic E-state index is -0.0888. The Morgan fingerprint density at radius 1 is 0.939 bits per heavy atom. The Balaban J connectivity index is 1.63. The van der Waals surface area contributed by atoms with E-state index in [4.69, 9.17) is 9.84 Å². The average Bonchev–Trinajstić information content (AvgIpc) is 3.29. The number of hydrogen-bond donors (Lipinski definition) is 0. The fraction of sp³-hybridized carbons (Fsp3) is 0.346. The molecule has 7 nitrogen and oxygen atoms in total. The maximum absolute atomic E-state index is 13.6. The van der Waals surface area contributed by atoms with Gasteiger partial charge in [0, 0.05) is 44.4 Å². The number of aromatic nitrogens is 2. The fourth-order valence-electron chi connectivity index (χ4n) is 4.09. The van der Waals surface area contributed by atoms with E-state index in [9.17, 15) is 9.59 Å². The summed E-state index contributed by atoms with van der Waals surface area (Å²) >= 11 is 0. The summed E-state index contributed by atoms with van der Waals surface area (Å²) in [7, 11) is 1.61. The van der Waals surface area contributed by atoms with Crippen LogP contribution in [0.25, 0.3) is 16.9 Å². The molecule has 4 rings (SSSR count). The molecule has 1 saturated heterocycles. The molecule has 0 aliphatic carbocycles. The molecule has 0 N–H and O–H groups in total. The first-order chi connectivity index (χ1) is 16.0. The molecule has 0 unspecified atom stereocenters. The number of carbonyl (C=O) groups excluding carboxylic acids is 2. The second kappa shape index (κ2) is 9.90. The Morgan fingerprint density at radius 2 is 1.58 bits per heavy atom. The van der Waals surface area contributed by atoms with Crippen LogP contribution in [0.2, 0.25) is 0 Å². The van der Waals surface area contributed by atoms with E-state index in [-0.39, 0.29) is 11.8 Å². The lowest BCUT2D eigenvalue weighted by molar-refractivity contribution is -0.133.